The van der Waals surface area contributed by atoms with Crippen LogP contribution < -0.4 is 0 Å². The lowest BCUT2D eigenvalue weighted by Gasteiger charge is -2.16. The Labute approximate surface area is 146 Å². The fraction of sp³-hybridized carbons (Fsp3) is 0.136. The summed E-state index contributed by atoms with van der Waals surface area (Å²) < 4.78 is 18.8. The number of esters is 1. The van der Waals surface area contributed by atoms with E-state index >= 15 is 0 Å². The molecule has 1 unspecified atom stereocenters. The van der Waals surface area contributed by atoms with E-state index in [2.05, 4.69) is 6.58 Å². The van der Waals surface area contributed by atoms with Gasteiger partial charge in [0.2, 0.25) is 0 Å². The van der Waals surface area contributed by atoms with E-state index in [0.717, 1.165) is 21.9 Å². The summed E-state index contributed by atoms with van der Waals surface area (Å²) in [5.74, 6) is -1.17. The van der Waals surface area contributed by atoms with E-state index < -0.39 is 5.92 Å². The van der Waals surface area contributed by atoms with E-state index in [-0.39, 0.29) is 11.8 Å². The highest BCUT2D eigenvalue weighted by Gasteiger charge is 2.17. The second-order valence-electron chi connectivity index (χ2n) is 6.00. The molecule has 2 nitrogen and oxygen atoms in total. The van der Waals surface area contributed by atoms with Gasteiger partial charge in [0, 0.05) is 5.92 Å². The van der Waals surface area contributed by atoms with E-state index in [4.69, 9.17) is 4.74 Å². The number of carbonyl (C=O) groups is 1. The minimum atomic E-state index is -0.423. The molecule has 3 aromatic carbocycles. The monoisotopic (exact) mass is 334 g/mol. The van der Waals surface area contributed by atoms with Gasteiger partial charge in [-0.15, -0.1) is 0 Å². The zero-order chi connectivity index (χ0) is 17.8. The molecule has 0 aliphatic carbocycles. The molecular formula is C22H19FO2. The highest BCUT2D eigenvalue weighted by molar-refractivity contribution is 5.89. The lowest BCUT2D eigenvalue weighted by Crippen LogP contribution is -2.05. The van der Waals surface area contributed by atoms with Gasteiger partial charge in [-0.25, -0.2) is 9.18 Å². The largest absolute Gasteiger partial charge is 0.465 e. The average molecular weight is 334 g/mol. The molecule has 0 aliphatic rings. The first-order chi connectivity index (χ1) is 12.1. The number of methoxy groups -OCH3 is 1. The molecule has 0 heterocycles. The molecule has 126 valence electrons. The number of hydrogen-bond acceptors (Lipinski definition) is 2. The first-order valence-electron chi connectivity index (χ1n) is 8.08. The Morgan fingerprint density at radius 1 is 1.04 bits per heavy atom. The van der Waals surface area contributed by atoms with Crippen LogP contribution in [-0.2, 0) is 11.2 Å². The van der Waals surface area contributed by atoms with Crippen LogP contribution in [0.2, 0.25) is 0 Å². The minimum Gasteiger partial charge on any atom is -0.465 e. The van der Waals surface area contributed by atoms with Gasteiger partial charge in [-0.3, -0.25) is 0 Å². The fourth-order valence-electron chi connectivity index (χ4n) is 2.96. The third-order valence-electron chi connectivity index (χ3n) is 4.37. The van der Waals surface area contributed by atoms with Crippen LogP contribution in [0.4, 0.5) is 4.39 Å². The molecule has 0 bridgehead atoms. The Balaban J connectivity index is 1.88. The molecule has 0 saturated heterocycles. The van der Waals surface area contributed by atoms with Gasteiger partial charge in [-0.1, -0.05) is 61.2 Å². The highest BCUT2D eigenvalue weighted by Crippen LogP contribution is 2.30. The Kier molecular flexibility index (Phi) is 4.94. The van der Waals surface area contributed by atoms with Gasteiger partial charge in [0.05, 0.1) is 12.7 Å². The average Bonchev–Trinajstić information content (AvgIpc) is 2.65. The van der Waals surface area contributed by atoms with Gasteiger partial charge in [-0.05, 0) is 40.5 Å². The van der Waals surface area contributed by atoms with Gasteiger partial charge >= 0.3 is 5.97 Å². The van der Waals surface area contributed by atoms with Crippen LogP contribution in [0.25, 0.3) is 10.8 Å². The summed E-state index contributed by atoms with van der Waals surface area (Å²) in [7, 11) is 1.35. The maximum absolute atomic E-state index is 14.1. The standard InChI is InChI=1S/C22H19FO2/c1-15(23)21(13-16-7-9-18(10-8-16)22(24)25-2)20-12-11-17-5-3-4-6-19(17)14-20/h3-12,14,21H,1,13H2,2H3. The van der Waals surface area contributed by atoms with E-state index in [1.807, 2.05) is 54.6 Å². The van der Waals surface area contributed by atoms with Gasteiger partial charge in [0.15, 0.2) is 0 Å². The minimum absolute atomic E-state index is 0.368. The highest BCUT2D eigenvalue weighted by atomic mass is 19.1. The quantitative estimate of drug-likeness (QED) is 0.581. The van der Waals surface area contributed by atoms with Gasteiger partial charge in [0.1, 0.15) is 5.83 Å². The number of hydrogen-bond donors (Lipinski definition) is 0. The molecule has 0 N–H and O–H groups in total. The van der Waals surface area contributed by atoms with Crippen molar-refractivity contribution >= 4 is 16.7 Å². The van der Waals surface area contributed by atoms with E-state index in [1.54, 1.807) is 12.1 Å². The summed E-state index contributed by atoms with van der Waals surface area (Å²) in [6, 6.07) is 21.0. The molecule has 1 atom stereocenters. The summed E-state index contributed by atoms with van der Waals surface area (Å²) in [4.78, 5) is 11.5. The predicted octanol–water partition coefficient (Wildman–Crippen LogP) is 5.44. The van der Waals surface area contributed by atoms with Crippen LogP contribution >= 0.6 is 0 Å². The number of allylic oxidation sites excluding steroid dienone is 1. The summed E-state index contributed by atoms with van der Waals surface area (Å²) in [6.45, 7) is 3.53. The zero-order valence-corrected chi connectivity index (χ0v) is 14.0. The van der Waals surface area contributed by atoms with Crippen LogP contribution in [-0.4, -0.2) is 13.1 Å². The summed E-state index contributed by atoms with van der Waals surface area (Å²) >= 11 is 0. The van der Waals surface area contributed by atoms with Crippen LogP contribution in [0, 0.1) is 0 Å². The number of rotatable bonds is 5. The van der Waals surface area contributed by atoms with Crippen LogP contribution in [0.5, 0.6) is 0 Å². The molecule has 0 aromatic heterocycles. The van der Waals surface area contributed by atoms with Crippen LogP contribution in [0.1, 0.15) is 27.4 Å². The van der Waals surface area contributed by atoms with E-state index in [9.17, 15) is 9.18 Å². The molecule has 0 amide bonds. The number of carbonyl (C=O) groups excluding carboxylic acids is 1. The van der Waals surface area contributed by atoms with Crippen molar-refractivity contribution in [3.63, 3.8) is 0 Å². The first kappa shape index (κ1) is 16.9. The third kappa shape index (κ3) is 3.77. The summed E-state index contributed by atoms with van der Waals surface area (Å²) in [5.41, 5.74) is 2.31. The molecular weight excluding hydrogens is 315 g/mol. The van der Waals surface area contributed by atoms with Crippen molar-refractivity contribution in [1.29, 1.82) is 0 Å². The van der Waals surface area contributed by atoms with Crippen LogP contribution in [0.3, 0.4) is 0 Å². The van der Waals surface area contributed by atoms with Gasteiger partial charge in [0.25, 0.3) is 0 Å². The maximum atomic E-state index is 14.1. The van der Waals surface area contributed by atoms with Crippen molar-refractivity contribution in [1.82, 2.24) is 0 Å². The molecule has 0 fully saturated rings. The van der Waals surface area contributed by atoms with Crippen molar-refractivity contribution in [3.05, 3.63) is 95.8 Å². The molecule has 3 aromatic rings. The van der Waals surface area contributed by atoms with Crippen molar-refractivity contribution in [3.8, 4) is 0 Å². The Morgan fingerprint density at radius 3 is 2.36 bits per heavy atom. The number of fused-ring (bicyclic) bond motifs is 1. The number of benzene rings is 3. The van der Waals surface area contributed by atoms with Crippen LogP contribution in [0.15, 0.2) is 79.1 Å². The van der Waals surface area contributed by atoms with E-state index in [1.165, 1.54) is 7.11 Å². The lowest BCUT2D eigenvalue weighted by atomic mass is 9.89. The zero-order valence-electron chi connectivity index (χ0n) is 14.0. The SMILES string of the molecule is C=C(F)C(Cc1ccc(C(=O)OC)cc1)c1ccc2ccccc2c1. The number of halogens is 1. The summed E-state index contributed by atoms with van der Waals surface area (Å²) in [6.07, 6.45) is 0.481. The molecule has 0 radical (unpaired) electrons. The number of ether oxygens (including phenoxy) is 1. The molecule has 25 heavy (non-hydrogen) atoms. The Hall–Kier alpha value is -2.94. The second-order valence-corrected chi connectivity index (χ2v) is 6.00. The Bertz CT molecular complexity index is 913. The topological polar surface area (TPSA) is 26.3 Å². The maximum Gasteiger partial charge on any atom is 0.337 e. The first-order valence-corrected chi connectivity index (χ1v) is 8.08. The van der Waals surface area contributed by atoms with Crippen molar-refractivity contribution < 1.29 is 13.9 Å². The smallest absolute Gasteiger partial charge is 0.337 e. The van der Waals surface area contributed by atoms with Crippen molar-refractivity contribution in [2.24, 2.45) is 0 Å². The Morgan fingerprint density at radius 2 is 1.72 bits per heavy atom. The summed E-state index contributed by atoms with van der Waals surface area (Å²) in [5, 5.41) is 2.20. The lowest BCUT2D eigenvalue weighted by molar-refractivity contribution is 0.0600. The van der Waals surface area contributed by atoms with Gasteiger partial charge < -0.3 is 4.74 Å². The third-order valence-corrected chi connectivity index (χ3v) is 4.37. The second kappa shape index (κ2) is 7.31. The molecule has 0 aliphatic heterocycles. The predicted molar refractivity (Wildman–Crippen MR) is 98.4 cm³/mol. The van der Waals surface area contributed by atoms with E-state index in [0.29, 0.717) is 12.0 Å². The van der Waals surface area contributed by atoms with Gasteiger partial charge in [-0.2, -0.15) is 0 Å². The van der Waals surface area contributed by atoms with Crippen molar-refractivity contribution in [2.75, 3.05) is 7.11 Å². The van der Waals surface area contributed by atoms with Crippen molar-refractivity contribution in [2.45, 2.75) is 12.3 Å². The molecule has 3 heteroatoms. The normalized spacial score (nSPS) is 11.9. The fourth-order valence-corrected chi connectivity index (χ4v) is 2.96. The molecule has 3 rings (SSSR count). The molecule has 0 saturated carbocycles. The molecule has 0 spiro atoms.